The molecule has 6 nitrogen and oxygen atoms in total. The molecule has 1 atom stereocenters. The first-order valence-electron chi connectivity index (χ1n) is 9.19. The molecule has 0 spiro atoms. The van der Waals surface area contributed by atoms with Crippen LogP contribution in [0.1, 0.15) is 30.3 Å². The highest BCUT2D eigenvalue weighted by Crippen LogP contribution is 2.32. The highest BCUT2D eigenvalue weighted by molar-refractivity contribution is 6.30. The number of rotatable bonds is 5. The molecule has 0 saturated carbocycles. The number of aryl methyl sites for hydroxylation is 1. The maximum Gasteiger partial charge on any atom is 0.261 e. The van der Waals surface area contributed by atoms with Crippen molar-refractivity contribution < 1.29 is 14.1 Å². The van der Waals surface area contributed by atoms with E-state index in [-0.39, 0.29) is 18.6 Å². The molecule has 7 heteroatoms. The summed E-state index contributed by atoms with van der Waals surface area (Å²) in [6.45, 7) is 2.58. The molecule has 4 rings (SSSR count). The molecule has 0 N–H and O–H groups in total. The van der Waals surface area contributed by atoms with E-state index in [1.54, 1.807) is 17.0 Å². The summed E-state index contributed by atoms with van der Waals surface area (Å²) >= 11 is 6.04. The number of hydrogen-bond acceptors (Lipinski definition) is 5. The van der Waals surface area contributed by atoms with Crippen LogP contribution in [-0.4, -0.2) is 34.1 Å². The van der Waals surface area contributed by atoms with Gasteiger partial charge in [0.2, 0.25) is 11.7 Å². The molecule has 1 amide bonds. The fourth-order valence-corrected chi connectivity index (χ4v) is 3.57. The van der Waals surface area contributed by atoms with E-state index >= 15 is 0 Å². The van der Waals surface area contributed by atoms with E-state index in [9.17, 15) is 4.79 Å². The van der Waals surface area contributed by atoms with Crippen LogP contribution in [0, 0.1) is 6.92 Å². The van der Waals surface area contributed by atoms with Gasteiger partial charge in [0.05, 0.1) is 0 Å². The van der Waals surface area contributed by atoms with Gasteiger partial charge in [-0.05, 0) is 43.5 Å². The van der Waals surface area contributed by atoms with Crippen molar-refractivity contribution in [3.8, 4) is 17.1 Å². The molecule has 3 aromatic rings. The van der Waals surface area contributed by atoms with Gasteiger partial charge in [0.1, 0.15) is 11.8 Å². The van der Waals surface area contributed by atoms with Crippen molar-refractivity contribution in [1.82, 2.24) is 15.0 Å². The Labute approximate surface area is 168 Å². The van der Waals surface area contributed by atoms with Gasteiger partial charge in [-0.3, -0.25) is 4.79 Å². The van der Waals surface area contributed by atoms with Gasteiger partial charge < -0.3 is 14.2 Å². The SMILES string of the molecule is Cc1ccccc1OCC(=O)N1CCC[C@@H]1c1nc(-c2cccc(Cl)c2)no1. The molecular formula is C21H20ClN3O3. The van der Waals surface area contributed by atoms with Crippen LogP contribution < -0.4 is 4.74 Å². The Morgan fingerprint density at radius 1 is 1.29 bits per heavy atom. The Hall–Kier alpha value is -2.86. The van der Waals surface area contributed by atoms with Gasteiger partial charge in [-0.25, -0.2) is 0 Å². The average Bonchev–Trinajstić information content (AvgIpc) is 3.36. The fraction of sp³-hybridized carbons (Fsp3) is 0.286. The summed E-state index contributed by atoms with van der Waals surface area (Å²) in [7, 11) is 0. The molecule has 2 aromatic carbocycles. The molecule has 0 radical (unpaired) electrons. The van der Waals surface area contributed by atoms with Crippen molar-refractivity contribution >= 4 is 17.5 Å². The van der Waals surface area contributed by atoms with E-state index in [0.29, 0.717) is 29.0 Å². The standard InChI is InChI=1S/C21H20ClN3O3/c1-14-6-2-3-10-18(14)27-13-19(26)25-11-5-9-17(25)21-23-20(24-28-21)15-7-4-8-16(22)12-15/h2-4,6-8,10,12,17H,5,9,11,13H2,1H3/t17-/m1/s1. The van der Waals surface area contributed by atoms with Crippen LogP contribution in [0.25, 0.3) is 11.4 Å². The van der Waals surface area contributed by atoms with E-state index in [2.05, 4.69) is 10.1 Å². The Morgan fingerprint density at radius 2 is 2.14 bits per heavy atom. The quantitative estimate of drug-likeness (QED) is 0.636. The predicted octanol–water partition coefficient (Wildman–Crippen LogP) is 4.44. The fourth-order valence-electron chi connectivity index (χ4n) is 3.38. The maximum atomic E-state index is 12.7. The minimum absolute atomic E-state index is 0.0172. The van der Waals surface area contributed by atoms with Crippen LogP contribution in [0.4, 0.5) is 0 Å². The van der Waals surface area contributed by atoms with Gasteiger partial charge in [-0.1, -0.05) is 47.1 Å². The van der Waals surface area contributed by atoms with E-state index in [1.807, 2.05) is 43.3 Å². The normalized spacial score (nSPS) is 16.4. The van der Waals surface area contributed by atoms with Crippen molar-refractivity contribution in [2.45, 2.75) is 25.8 Å². The molecule has 2 heterocycles. The highest BCUT2D eigenvalue weighted by Gasteiger charge is 2.34. The van der Waals surface area contributed by atoms with E-state index in [0.717, 1.165) is 24.0 Å². The second-order valence-corrected chi connectivity index (χ2v) is 7.20. The number of hydrogen-bond donors (Lipinski definition) is 0. The van der Waals surface area contributed by atoms with Gasteiger partial charge in [0, 0.05) is 17.1 Å². The number of nitrogens with zero attached hydrogens (tertiary/aromatic N) is 3. The van der Waals surface area contributed by atoms with Crippen LogP contribution in [0.3, 0.4) is 0 Å². The third-order valence-electron chi connectivity index (χ3n) is 4.83. The van der Waals surface area contributed by atoms with E-state index in [4.69, 9.17) is 20.9 Å². The maximum absolute atomic E-state index is 12.7. The molecule has 0 aliphatic carbocycles. The van der Waals surface area contributed by atoms with E-state index < -0.39 is 0 Å². The molecule has 1 aromatic heterocycles. The minimum Gasteiger partial charge on any atom is -0.484 e. The number of halogens is 1. The van der Waals surface area contributed by atoms with Gasteiger partial charge in [-0.2, -0.15) is 4.98 Å². The second kappa shape index (κ2) is 8.02. The number of likely N-dealkylation sites (tertiary alicyclic amines) is 1. The number of benzene rings is 2. The number of ether oxygens (including phenoxy) is 1. The van der Waals surface area contributed by atoms with Gasteiger partial charge in [0.15, 0.2) is 6.61 Å². The van der Waals surface area contributed by atoms with Crippen molar-refractivity contribution in [3.63, 3.8) is 0 Å². The minimum atomic E-state index is -0.228. The largest absolute Gasteiger partial charge is 0.484 e. The zero-order valence-electron chi connectivity index (χ0n) is 15.5. The van der Waals surface area contributed by atoms with Gasteiger partial charge >= 0.3 is 0 Å². The third kappa shape index (κ3) is 3.87. The number of aromatic nitrogens is 2. The summed E-state index contributed by atoms with van der Waals surface area (Å²) in [5, 5.41) is 4.66. The second-order valence-electron chi connectivity index (χ2n) is 6.77. The van der Waals surface area contributed by atoms with Crippen LogP contribution >= 0.6 is 11.6 Å². The van der Waals surface area contributed by atoms with Crippen LogP contribution in [0.5, 0.6) is 5.75 Å². The Kier molecular flexibility index (Phi) is 5.30. The van der Waals surface area contributed by atoms with Crippen LogP contribution in [0.15, 0.2) is 53.1 Å². The van der Waals surface area contributed by atoms with Crippen LogP contribution in [-0.2, 0) is 4.79 Å². The Morgan fingerprint density at radius 3 is 2.96 bits per heavy atom. The monoisotopic (exact) mass is 397 g/mol. The molecule has 28 heavy (non-hydrogen) atoms. The van der Waals surface area contributed by atoms with Gasteiger partial charge in [0.25, 0.3) is 5.91 Å². The first-order valence-corrected chi connectivity index (χ1v) is 9.57. The molecule has 1 fully saturated rings. The molecule has 1 aliphatic heterocycles. The van der Waals surface area contributed by atoms with Crippen molar-refractivity contribution in [1.29, 1.82) is 0 Å². The molecule has 144 valence electrons. The Balaban J connectivity index is 1.46. The topological polar surface area (TPSA) is 68.5 Å². The number of carbonyl (C=O) groups is 1. The first-order chi connectivity index (χ1) is 13.6. The summed E-state index contributed by atoms with van der Waals surface area (Å²) < 4.78 is 11.2. The van der Waals surface area contributed by atoms with Crippen LogP contribution in [0.2, 0.25) is 5.02 Å². The first kappa shape index (κ1) is 18.5. The van der Waals surface area contributed by atoms with Gasteiger partial charge in [-0.15, -0.1) is 0 Å². The number of para-hydroxylation sites is 1. The summed E-state index contributed by atoms with van der Waals surface area (Å²) in [6, 6.07) is 14.7. The summed E-state index contributed by atoms with van der Waals surface area (Å²) in [4.78, 5) is 19.0. The zero-order chi connectivity index (χ0) is 19.5. The lowest BCUT2D eigenvalue weighted by Crippen LogP contribution is -2.34. The molecule has 0 unspecified atom stereocenters. The highest BCUT2D eigenvalue weighted by atomic mass is 35.5. The van der Waals surface area contributed by atoms with Crippen molar-refractivity contribution in [3.05, 3.63) is 65.0 Å². The van der Waals surface area contributed by atoms with E-state index in [1.165, 1.54) is 0 Å². The molecule has 1 saturated heterocycles. The number of amides is 1. The molecule has 0 bridgehead atoms. The lowest BCUT2D eigenvalue weighted by atomic mass is 10.2. The summed E-state index contributed by atoms with van der Waals surface area (Å²) in [5.74, 6) is 1.53. The van der Waals surface area contributed by atoms with Crippen molar-refractivity contribution in [2.24, 2.45) is 0 Å². The zero-order valence-corrected chi connectivity index (χ0v) is 16.2. The summed E-state index contributed by atoms with van der Waals surface area (Å²) in [6.07, 6.45) is 1.67. The molecule has 1 aliphatic rings. The third-order valence-corrected chi connectivity index (χ3v) is 5.06. The van der Waals surface area contributed by atoms with Crippen molar-refractivity contribution in [2.75, 3.05) is 13.2 Å². The lowest BCUT2D eigenvalue weighted by molar-refractivity contribution is -0.134. The summed E-state index contributed by atoms with van der Waals surface area (Å²) in [5.41, 5.74) is 1.78. The lowest BCUT2D eigenvalue weighted by Gasteiger charge is -2.22. The average molecular weight is 398 g/mol. The molecular weight excluding hydrogens is 378 g/mol. The number of carbonyl (C=O) groups excluding carboxylic acids is 1. The smallest absolute Gasteiger partial charge is 0.261 e. The Bertz CT molecular complexity index is 988. The predicted molar refractivity (Wildman–Crippen MR) is 105 cm³/mol.